The van der Waals surface area contributed by atoms with E-state index in [0.717, 1.165) is 30.3 Å². The summed E-state index contributed by atoms with van der Waals surface area (Å²) in [4.78, 5) is 58.2. The number of benzene rings is 3. The topological polar surface area (TPSA) is 217 Å². The summed E-state index contributed by atoms with van der Waals surface area (Å²) < 4.78 is 68.4. The van der Waals surface area contributed by atoms with Crippen LogP contribution in [0.15, 0.2) is 65.8 Å². The van der Waals surface area contributed by atoms with E-state index < -0.39 is 52.4 Å². The lowest BCUT2D eigenvalue weighted by Gasteiger charge is -2.12. The first-order valence-electron chi connectivity index (χ1n) is 15.3. The smallest absolute Gasteiger partial charge is 0.416 e. The molecule has 1 N–H and O–H groups in total. The number of carbonyl (C=O) groups is 3. The summed E-state index contributed by atoms with van der Waals surface area (Å²) in [5.41, 5.74) is -1.52. The van der Waals surface area contributed by atoms with Gasteiger partial charge in [-0.3, -0.25) is 10.1 Å². The molecule has 0 unspecified atom stereocenters. The van der Waals surface area contributed by atoms with Crippen molar-refractivity contribution in [2.24, 2.45) is 5.16 Å². The third-order valence-electron chi connectivity index (χ3n) is 6.63. The SMILES string of the molecule is CCOC(=O)COC(=O)c1cc(Oc2ccc(C(F)(F)F)cc2Cl)ccc1[N+](=O)[O-].CON=C(C)c1cccc(Oc2nc(OC)cc(OC)n2)c1C(=O)O. The fourth-order valence-corrected chi connectivity index (χ4v) is 4.47. The molecule has 0 bridgehead atoms. The maximum absolute atomic E-state index is 12.7. The third-order valence-corrected chi connectivity index (χ3v) is 6.93. The minimum atomic E-state index is -4.61. The van der Waals surface area contributed by atoms with Crippen LogP contribution in [-0.4, -0.2) is 78.2 Å². The molecule has 0 aliphatic carbocycles. The number of nitro benzene ring substituents is 1. The highest BCUT2D eigenvalue weighted by Gasteiger charge is 2.31. The van der Waals surface area contributed by atoms with Crippen LogP contribution in [0.1, 0.15) is 45.7 Å². The Hall–Kier alpha value is -6.70. The molecule has 0 amide bonds. The largest absolute Gasteiger partial charge is 0.481 e. The molecule has 3 aromatic carbocycles. The van der Waals surface area contributed by atoms with E-state index in [9.17, 15) is 42.8 Å². The molecule has 17 nitrogen and oxygen atoms in total. The van der Waals surface area contributed by atoms with Gasteiger partial charge in [-0.2, -0.15) is 23.1 Å². The number of hydrogen-bond acceptors (Lipinski definition) is 15. The van der Waals surface area contributed by atoms with Gasteiger partial charge in [0.15, 0.2) is 6.61 Å². The van der Waals surface area contributed by atoms with Gasteiger partial charge in [0.05, 0.1) is 48.1 Å². The molecule has 292 valence electrons. The Morgan fingerprint density at radius 3 is 2.13 bits per heavy atom. The Morgan fingerprint density at radius 1 is 0.909 bits per heavy atom. The number of hydrogen-bond donors (Lipinski definition) is 1. The fourth-order valence-electron chi connectivity index (χ4n) is 4.25. The van der Waals surface area contributed by atoms with Gasteiger partial charge in [0, 0.05) is 17.7 Å². The van der Waals surface area contributed by atoms with E-state index in [1.54, 1.807) is 19.1 Å². The highest BCUT2D eigenvalue weighted by molar-refractivity contribution is 6.32. The molecule has 0 aliphatic heterocycles. The standard InChI is InChI=1S/C18H13ClF3NO7.C16H17N3O6/c1-2-28-16(24)9-29-17(25)12-8-11(4-5-14(12)23(26)27)30-15-6-3-10(7-13(15)19)18(20,21)22;1-9(19-24-4)10-6-5-7-11(14(10)15(20)21)25-16-17-12(22-2)8-13(18-16)23-3/h3-8H,2,9H2,1H3;5-8H,1-4H3,(H,20,21). The zero-order chi connectivity index (χ0) is 40.9. The predicted molar refractivity (Wildman–Crippen MR) is 184 cm³/mol. The highest BCUT2D eigenvalue weighted by Crippen LogP contribution is 2.37. The van der Waals surface area contributed by atoms with Gasteiger partial charge in [-0.25, -0.2) is 14.4 Å². The molecule has 0 fully saturated rings. The van der Waals surface area contributed by atoms with E-state index in [1.165, 1.54) is 40.4 Å². The summed E-state index contributed by atoms with van der Waals surface area (Å²) in [6.45, 7) is 2.45. The van der Waals surface area contributed by atoms with Gasteiger partial charge >= 0.3 is 30.1 Å². The Balaban J connectivity index is 0.000000300. The van der Waals surface area contributed by atoms with E-state index in [0.29, 0.717) is 17.3 Å². The van der Waals surface area contributed by atoms with Gasteiger partial charge in [-0.1, -0.05) is 28.9 Å². The molecule has 0 aliphatic rings. The minimum Gasteiger partial charge on any atom is -0.481 e. The number of aromatic nitrogens is 2. The molecule has 0 radical (unpaired) electrons. The van der Waals surface area contributed by atoms with Crippen molar-refractivity contribution in [2.45, 2.75) is 20.0 Å². The van der Waals surface area contributed by atoms with Crippen LogP contribution in [0.3, 0.4) is 0 Å². The molecule has 4 rings (SSSR count). The number of carboxylic acid groups (broad SMARTS) is 1. The van der Waals surface area contributed by atoms with Crippen LogP contribution in [0.25, 0.3) is 0 Å². The van der Waals surface area contributed by atoms with Crippen molar-refractivity contribution in [3.05, 3.63) is 98.1 Å². The lowest BCUT2D eigenvalue weighted by Crippen LogP contribution is -2.17. The van der Waals surface area contributed by atoms with E-state index in [1.807, 2.05) is 0 Å². The first-order chi connectivity index (χ1) is 26.0. The van der Waals surface area contributed by atoms with Crippen molar-refractivity contribution in [3.8, 4) is 35.0 Å². The monoisotopic (exact) mass is 794 g/mol. The summed E-state index contributed by atoms with van der Waals surface area (Å²) in [6.07, 6.45) is -4.61. The minimum absolute atomic E-state index is 0.0472. The maximum atomic E-state index is 12.7. The number of halogens is 4. The number of carbonyl (C=O) groups excluding carboxylic acids is 2. The number of aromatic carboxylic acids is 1. The van der Waals surface area contributed by atoms with Crippen LogP contribution in [0.4, 0.5) is 18.9 Å². The Kier molecular flexibility index (Phi) is 15.1. The molecular formula is C34H30ClF3N4O13. The number of carboxylic acids is 1. The average molecular weight is 795 g/mol. The second-order valence-electron chi connectivity index (χ2n) is 10.2. The van der Waals surface area contributed by atoms with Gasteiger partial charge in [0.1, 0.15) is 35.5 Å². The summed E-state index contributed by atoms with van der Waals surface area (Å²) in [6, 6.07) is 11.4. The van der Waals surface area contributed by atoms with E-state index >= 15 is 0 Å². The lowest BCUT2D eigenvalue weighted by molar-refractivity contribution is -0.385. The van der Waals surface area contributed by atoms with Gasteiger partial charge in [0.25, 0.3) is 5.69 Å². The quantitative estimate of drug-likeness (QED) is 0.0581. The van der Waals surface area contributed by atoms with Gasteiger partial charge < -0.3 is 38.4 Å². The van der Waals surface area contributed by atoms with Crippen LogP contribution in [0.5, 0.6) is 35.0 Å². The van der Waals surface area contributed by atoms with Crippen molar-refractivity contribution in [3.63, 3.8) is 0 Å². The number of ether oxygens (including phenoxy) is 6. The number of nitro groups is 1. The molecule has 0 saturated heterocycles. The number of rotatable bonds is 14. The summed E-state index contributed by atoms with van der Waals surface area (Å²) >= 11 is 5.81. The molecule has 1 aromatic heterocycles. The zero-order valence-corrected chi connectivity index (χ0v) is 30.1. The summed E-state index contributed by atoms with van der Waals surface area (Å²) in [5, 5.41) is 24.1. The highest BCUT2D eigenvalue weighted by atomic mass is 35.5. The van der Waals surface area contributed by atoms with Crippen molar-refractivity contribution >= 4 is 40.9 Å². The van der Waals surface area contributed by atoms with Crippen LogP contribution in [-0.2, 0) is 25.3 Å². The number of esters is 2. The van der Waals surface area contributed by atoms with Crippen molar-refractivity contribution in [1.29, 1.82) is 0 Å². The summed E-state index contributed by atoms with van der Waals surface area (Å²) in [7, 11) is 4.24. The maximum Gasteiger partial charge on any atom is 0.416 e. The molecule has 55 heavy (non-hydrogen) atoms. The van der Waals surface area contributed by atoms with Crippen molar-refractivity contribution in [2.75, 3.05) is 34.5 Å². The molecule has 21 heteroatoms. The number of methoxy groups -OCH3 is 2. The second-order valence-corrected chi connectivity index (χ2v) is 10.6. The zero-order valence-electron chi connectivity index (χ0n) is 29.3. The Bertz CT molecular complexity index is 2060. The molecule has 4 aromatic rings. The normalized spacial score (nSPS) is 11.0. The van der Waals surface area contributed by atoms with E-state index in [-0.39, 0.29) is 52.2 Å². The Labute approximate surface area is 314 Å². The number of alkyl halides is 3. The fraction of sp³-hybridized carbons (Fsp3) is 0.235. The first kappa shape index (κ1) is 42.7. The molecular weight excluding hydrogens is 765 g/mol. The summed E-state index contributed by atoms with van der Waals surface area (Å²) in [5.74, 6) is -3.07. The number of nitrogens with zero attached hydrogens (tertiary/aromatic N) is 4. The van der Waals surface area contributed by atoms with E-state index in [2.05, 4.69) is 19.9 Å². The van der Waals surface area contributed by atoms with Gasteiger partial charge in [-0.15, -0.1) is 0 Å². The van der Waals surface area contributed by atoms with Crippen LogP contribution in [0.2, 0.25) is 5.02 Å². The average Bonchev–Trinajstić information content (AvgIpc) is 3.14. The second kappa shape index (κ2) is 19.4. The van der Waals surface area contributed by atoms with Gasteiger partial charge in [-0.05, 0) is 44.2 Å². The van der Waals surface area contributed by atoms with Crippen LogP contribution >= 0.6 is 11.6 Å². The third kappa shape index (κ3) is 11.9. The lowest BCUT2D eigenvalue weighted by atomic mass is 10.0. The van der Waals surface area contributed by atoms with Crippen LogP contribution < -0.4 is 18.9 Å². The number of oxime groups is 1. The molecule has 0 atom stereocenters. The first-order valence-corrected chi connectivity index (χ1v) is 15.7. The molecule has 0 spiro atoms. The molecule has 0 saturated carbocycles. The predicted octanol–water partition coefficient (Wildman–Crippen LogP) is 7.13. The van der Waals surface area contributed by atoms with Crippen molar-refractivity contribution in [1.82, 2.24) is 9.97 Å². The Morgan fingerprint density at radius 2 is 1.58 bits per heavy atom. The van der Waals surface area contributed by atoms with Crippen molar-refractivity contribution < 1.29 is 70.8 Å². The van der Waals surface area contributed by atoms with E-state index in [4.69, 9.17) is 40.1 Å². The van der Waals surface area contributed by atoms with Crippen LogP contribution in [0, 0.1) is 10.1 Å². The van der Waals surface area contributed by atoms with Gasteiger partial charge in [0.2, 0.25) is 11.8 Å². The molecule has 1 heterocycles.